The molecule has 2 aromatic carbocycles. The highest BCUT2D eigenvalue weighted by Gasteiger charge is 1.98. The van der Waals surface area contributed by atoms with Gasteiger partial charge in [0.25, 0.3) is 0 Å². The van der Waals surface area contributed by atoms with E-state index in [4.69, 9.17) is 19.7 Å². The van der Waals surface area contributed by atoms with Crippen LogP contribution in [0.15, 0.2) is 48.5 Å². The smallest absolute Gasteiger partial charge is 0.119 e. The fourth-order valence-corrected chi connectivity index (χ4v) is 3.64. The van der Waals surface area contributed by atoms with E-state index in [-0.39, 0.29) is 13.2 Å². The van der Waals surface area contributed by atoms with E-state index in [0.717, 1.165) is 48.7 Å². The van der Waals surface area contributed by atoms with Crippen molar-refractivity contribution >= 4 is 0 Å². The highest BCUT2D eigenvalue weighted by Crippen LogP contribution is 2.16. The summed E-state index contributed by atoms with van der Waals surface area (Å²) < 4.78 is 11.5. The van der Waals surface area contributed by atoms with Gasteiger partial charge in [0.1, 0.15) is 11.5 Å². The Morgan fingerprint density at radius 2 is 0.839 bits per heavy atom. The number of rotatable bonds is 18. The second kappa shape index (κ2) is 16.6. The maximum atomic E-state index is 9.14. The van der Waals surface area contributed by atoms with Crippen molar-refractivity contribution in [3.63, 3.8) is 0 Å². The highest BCUT2D eigenvalue weighted by atomic mass is 16.5. The van der Waals surface area contributed by atoms with Crippen LogP contribution >= 0.6 is 0 Å². The Kier molecular flexibility index (Phi) is 13.5. The summed E-state index contributed by atoms with van der Waals surface area (Å²) in [6, 6.07) is 15.4. The molecule has 2 aromatic rings. The van der Waals surface area contributed by atoms with Gasteiger partial charge in [0.15, 0.2) is 0 Å². The van der Waals surface area contributed by atoms with Crippen LogP contribution in [0.2, 0.25) is 0 Å². The quantitative estimate of drug-likeness (QED) is 0.269. The van der Waals surface area contributed by atoms with Gasteiger partial charge in [-0.2, -0.15) is 0 Å². The van der Waals surface area contributed by atoms with Gasteiger partial charge in [-0.25, -0.2) is 0 Å². The van der Waals surface area contributed by atoms with Crippen LogP contribution in [0, 0.1) is 0 Å². The lowest BCUT2D eigenvalue weighted by molar-refractivity contribution is 0.278. The first kappa shape index (κ1) is 25.2. The number of ether oxygens (including phenoxy) is 2. The first-order chi connectivity index (χ1) is 15.3. The Bertz CT molecular complexity index is 642. The molecule has 0 aliphatic carbocycles. The predicted molar refractivity (Wildman–Crippen MR) is 127 cm³/mol. The molecule has 0 radical (unpaired) electrons. The van der Waals surface area contributed by atoms with E-state index in [1.54, 1.807) is 0 Å². The lowest BCUT2D eigenvalue weighted by Gasteiger charge is -2.08. The summed E-state index contributed by atoms with van der Waals surface area (Å²) in [6.07, 6.45) is 13.9. The molecular formula is C27H40O4. The number of aliphatic hydroxyl groups is 2. The van der Waals surface area contributed by atoms with Crippen molar-refractivity contribution in [2.45, 2.75) is 83.8 Å². The number of aliphatic hydroxyl groups excluding tert-OH is 2. The van der Waals surface area contributed by atoms with Crippen molar-refractivity contribution in [1.29, 1.82) is 0 Å². The fraction of sp³-hybridized carbons (Fsp3) is 0.556. The molecule has 0 fully saturated rings. The second-order valence-electron chi connectivity index (χ2n) is 8.20. The molecule has 2 rings (SSSR count). The Hall–Kier alpha value is -2.04. The first-order valence-electron chi connectivity index (χ1n) is 12.0. The van der Waals surface area contributed by atoms with Crippen molar-refractivity contribution in [2.75, 3.05) is 13.2 Å². The molecule has 0 unspecified atom stereocenters. The van der Waals surface area contributed by atoms with Crippen molar-refractivity contribution < 1.29 is 19.7 Å². The van der Waals surface area contributed by atoms with Gasteiger partial charge in [-0.3, -0.25) is 0 Å². The van der Waals surface area contributed by atoms with Crippen LogP contribution in [-0.4, -0.2) is 23.4 Å². The average Bonchev–Trinajstić information content (AvgIpc) is 2.81. The normalized spacial score (nSPS) is 10.9. The molecule has 0 heterocycles. The van der Waals surface area contributed by atoms with Gasteiger partial charge in [0, 0.05) is 0 Å². The zero-order valence-corrected chi connectivity index (χ0v) is 18.9. The molecule has 0 aromatic heterocycles. The highest BCUT2D eigenvalue weighted by molar-refractivity contribution is 5.28. The van der Waals surface area contributed by atoms with Crippen molar-refractivity contribution in [3.05, 3.63) is 59.7 Å². The Morgan fingerprint density at radius 3 is 1.19 bits per heavy atom. The molecule has 0 bridgehead atoms. The summed E-state index contributed by atoms with van der Waals surface area (Å²) in [7, 11) is 0. The molecule has 0 aliphatic rings. The second-order valence-corrected chi connectivity index (χ2v) is 8.20. The van der Waals surface area contributed by atoms with Crippen LogP contribution in [0.4, 0.5) is 0 Å². The Labute approximate surface area is 188 Å². The monoisotopic (exact) mass is 428 g/mol. The number of hydrogen-bond donors (Lipinski definition) is 2. The zero-order valence-electron chi connectivity index (χ0n) is 18.9. The molecule has 4 nitrogen and oxygen atoms in total. The van der Waals surface area contributed by atoms with E-state index in [1.165, 1.54) is 57.8 Å². The summed E-state index contributed by atoms with van der Waals surface area (Å²) in [5.41, 5.74) is 1.80. The molecule has 2 N–H and O–H groups in total. The van der Waals surface area contributed by atoms with E-state index in [0.29, 0.717) is 0 Å². The van der Waals surface area contributed by atoms with Crippen molar-refractivity contribution in [1.82, 2.24) is 0 Å². The molecule has 0 saturated heterocycles. The van der Waals surface area contributed by atoms with Gasteiger partial charge in [-0.15, -0.1) is 0 Å². The third-order valence-corrected chi connectivity index (χ3v) is 5.49. The van der Waals surface area contributed by atoms with Crippen LogP contribution < -0.4 is 9.47 Å². The standard InChI is InChI=1S/C27H40O4/c28-22-24-14-12-16-26(20-24)30-18-10-8-6-4-2-1-3-5-7-9-11-19-31-27-17-13-15-25(21-27)23-29/h12-17,20-21,28-29H,1-11,18-19,22-23H2. The molecular weight excluding hydrogens is 388 g/mol. The predicted octanol–water partition coefficient (Wildman–Crippen LogP) is 6.42. The lowest BCUT2D eigenvalue weighted by Crippen LogP contribution is -1.98. The average molecular weight is 429 g/mol. The third kappa shape index (κ3) is 11.8. The maximum Gasteiger partial charge on any atom is 0.119 e. The number of hydrogen-bond acceptors (Lipinski definition) is 4. The summed E-state index contributed by atoms with van der Waals surface area (Å²) in [5.74, 6) is 1.71. The van der Waals surface area contributed by atoms with Crippen molar-refractivity contribution in [2.24, 2.45) is 0 Å². The van der Waals surface area contributed by atoms with E-state index in [9.17, 15) is 0 Å². The largest absolute Gasteiger partial charge is 0.494 e. The minimum atomic E-state index is 0.0622. The van der Waals surface area contributed by atoms with E-state index in [2.05, 4.69) is 0 Å². The summed E-state index contributed by atoms with van der Waals surface area (Å²) >= 11 is 0. The molecule has 31 heavy (non-hydrogen) atoms. The molecule has 172 valence electrons. The van der Waals surface area contributed by atoms with Gasteiger partial charge in [0.05, 0.1) is 26.4 Å². The topological polar surface area (TPSA) is 58.9 Å². The van der Waals surface area contributed by atoms with Crippen molar-refractivity contribution in [3.8, 4) is 11.5 Å². The van der Waals surface area contributed by atoms with E-state index < -0.39 is 0 Å². The van der Waals surface area contributed by atoms with Crippen LogP contribution in [0.1, 0.15) is 81.8 Å². The van der Waals surface area contributed by atoms with Crippen LogP contribution in [0.25, 0.3) is 0 Å². The van der Waals surface area contributed by atoms with Crippen LogP contribution in [0.5, 0.6) is 11.5 Å². The maximum absolute atomic E-state index is 9.14. The van der Waals surface area contributed by atoms with Gasteiger partial charge in [0.2, 0.25) is 0 Å². The Balaban J connectivity index is 1.32. The first-order valence-corrected chi connectivity index (χ1v) is 12.0. The minimum Gasteiger partial charge on any atom is -0.494 e. The minimum absolute atomic E-state index is 0.0622. The zero-order chi connectivity index (χ0) is 22.0. The van der Waals surface area contributed by atoms with Gasteiger partial charge >= 0.3 is 0 Å². The van der Waals surface area contributed by atoms with Gasteiger partial charge in [-0.1, -0.05) is 82.1 Å². The number of unbranched alkanes of at least 4 members (excludes halogenated alkanes) is 10. The SMILES string of the molecule is OCc1cccc(OCCCCCCCCCCCCCOc2cccc(CO)c2)c1. The van der Waals surface area contributed by atoms with Gasteiger partial charge in [-0.05, 0) is 48.2 Å². The van der Waals surface area contributed by atoms with Crippen LogP contribution in [-0.2, 0) is 13.2 Å². The van der Waals surface area contributed by atoms with E-state index in [1.807, 2.05) is 48.5 Å². The van der Waals surface area contributed by atoms with E-state index >= 15 is 0 Å². The number of benzene rings is 2. The molecule has 4 heteroatoms. The fourth-order valence-electron chi connectivity index (χ4n) is 3.64. The molecule has 0 atom stereocenters. The Morgan fingerprint density at radius 1 is 0.484 bits per heavy atom. The molecule has 0 amide bonds. The summed E-state index contributed by atoms with van der Waals surface area (Å²) in [6.45, 7) is 1.64. The van der Waals surface area contributed by atoms with Gasteiger partial charge < -0.3 is 19.7 Å². The molecule has 0 saturated carbocycles. The molecule has 0 spiro atoms. The summed E-state index contributed by atoms with van der Waals surface area (Å²) in [5, 5.41) is 18.3. The lowest BCUT2D eigenvalue weighted by atomic mass is 10.1. The third-order valence-electron chi connectivity index (χ3n) is 5.49. The summed E-state index contributed by atoms with van der Waals surface area (Å²) in [4.78, 5) is 0. The molecule has 0 aliphatic heterocycles. The van der Waals surface area contributed by atoms with Crippen LogP contribution in [0.3, 0.4) is 0 Å².